The second-order valence-electron chi connectivity index (χ2n) is 4.92. The summed E-state index contributed by atoms with van der Waals surface area (Å²) in [5, 5.41) is 2.56. The lowest BCUT2D eigenvalue weighted by molar-refractivity contribution is -0.122. The van der Waals surface area contributed by atoms with Crippen molar-refractivity contribution in [2.75, 3.05) is 45.5 Å². The third-order valence-electron chi connectivity index (χ3n) is 3.50. The molecule has 1 fully saturated rings. The molecule has 0 unspecified atom stereocenters. The molecule has 7 nitrogen and oxygen atoms in total. The van der Waals surface area contributed by atoms with Crippen molar-refractivity contribution in [1.82, 2.24) is 14.5 Å². The van der Waals surface area contributed by atoms with Crippen molar-refractivity contribution < 1.29 is 13.2 Å². The fourth-order valence-electron chi connectivity index (χ4n) is 2.20. The number of sulfonamides is 1. The number of likely N-dealkylation sites (N-methyl/N-ethyl adjacent to an activating group) is 1. The second-order valence-corrected chi connectivity index (χ2v) is 6.86. The van der Waals surface area contributed by atoms with Crippen LogP contribution in [0, 0.1) is 0 Å². The van der Waals surface area contributed by atoms with E-state index in [1.165, 1.54) is 16.4 Å². The predicted octanol–water partition coefficient (Wildman–Crippen LogP) is -0.679. The van der Waals surface area contributed by atoms with Gasteiger partial charge >= 0.3 is 0 Å². The molecule has 1 aliphatic heterocycles. The summed E-state index contributed by atoms with van der Waals surface area (Å²) in [4.78, 5) is 13.5. The Morgan fingerprint density at radius 2 is 1.76 bits per heavy atom. The van der Waals surface area contributed by atoms with Gasteiger partial charge in [0.25, 0.3) is 0 Å². The van der Waals surface area contributed by atoms with Crippen LogP contribution in [0.4, 0.5) is 5.69 Å². The molecule has 0 radical (unpaired) electrons. The van der Waals surface area contributed by atoms with Gasteiger partial charge in [-0.2, -0.15) is 4.31 Å². The first-order valence-corrected chi connectivity index (χ1v) is 8.16. The van der Waals surface area contributed by atoms with Crippen molar-refractivity contribution >= 4 is 21.6 Å². The molecular formula is C13H20N4O3S. The van der Waals surface area contributed by atoms with Crippen LogP contribution < -0.4 is 11.1 Å². The number of nitrogens with one attached hydrogen (secondary N) is 1. The number of rotatable bonds is 4. The zero-order valence-electron chi connectivity index (χ0n) is 11.9. The third-order valence-corrected chi connectivity index (χ3v) is 5.41. The molecule has 0 aliphatic carbocycles. The quantitative estimate of drug-likeness (QED) is 0.718. The van der Waals surface area contributed by atoms with Crippen molar-refractivity contribution in [2.45, 2.75) is 4.90 Å². The van der Waals surface area contributed by atoms with E-state index in [1.807, 2.05) is 4.90 Å². The van der Waals surface area contributed by atoms with Gasteiger partial charge in [0.05, 0.1) is 11.4 Å². The van der Waals surface area contributed by atoms with Crippen LogP contribution in [0.5, 0.6) is 0 Å². The van der Waals surface area contributed by atoms with Gasteiger partial charge in [0, 0.05) is 38.9 Å². The van der Waals surface area contributed by atoms with E-state index in [0.717, 1.165) is 0 Å². The largest absolute Gasteiger partial charge is 0.399 e. The summed E-state index contributed by atoms with van der Waals surface area (Å²) in [5.41, 5.74) is 6.10. The molecule has 1 aromatic carbocycles. The van der Waals surface area contributed by atoms with Crippen molar-refractivity contribution in [2.24, 2.45) is 0 Å². The van der Waals surface area contributed by atoms with Gasteiger partial charge in [0.1, 0.15) is 0 Å². The Hall–Kier alpha value is -1.64. The van der Waals surface area contributed by atoms with Gasteiger partial charge in [-0.05, 0) is 24.3 Å². The molecular weight excluding hydrogens is 292 g/mol. The SMILES string of the molecule is CNC(=O)CN1CCN(S(=O)(=O)c2ccc(N)cc2)CC1. The zero-order valence-corrected chi connectivity index (χ0v) is 12.8. The molecule has 116 valence electrons. The number of carbonyl (C=O) groups excluding carboxylic acids is 1. The van der Waals surface area contributed by atoms with E-state index in [4.69, 9.17) is 5.73 Å². The summed E-state index contributed by atoms with van der Waals surface area (Å²) in [7, 11) is -1.90. The maximum absolute atomic E-state index is 12.5. The highest BCUT2D eigenvalue weighted by Crippen LogP contribution is 2.18. The van der Waals surface area contributed by atoms with Crippen molar-refractivity contribution in [3.8, 4) is 0 Å². The summed E-state index contributed by atoms with van der Waals surface area (Å²) in [6.45, 7) is 2.14. The minimum atomic E-state index is -3.49. The predicted molar refractivity (Wildman–Crippen MR) is 80.1 cm³/mol. The second kappa shape index (κ2) is 6.42. The number of nitrogens with two attached hydrogens (primary N) is 1. The molecule has 3 N–H and O–H groups in total. The molecule has 0 aromatic heterocycles. The van der Waals surface area contributed by atoms with Gasteiger partial charge in [-0.1, -0.05) is 0 Å². The van der Waals surface area contributed by atoms with E-state index in [-0.39, 0.29) is 10.8 Å². The van der Waals surface area contributed by atoms with E-state index >= 15 is 0 Å². The Morgan fingerprint density at radius 1 is 1.19 bits per heavy atom. The highest BCUT2D eigenvalue weighted by Gasteiger charge is 2.28. The number of nitrogens with zero attached hydrogens (tertiary/aromatic N) is 2. The monoisotopic (exact) mass is 312 g/mol. The molecule has 1 amide bonds. The number of hydrogen-bond donors (Lipinski definition) is 2. The molecule has 1 saturated heterocycles. The van der Waals surface area contributed by atoms with Crippen LogP contribution in [-0.4, -0.2) is 63.3 Å². The molecule has 0 bridgehead atoms. The summed E-state index contributed by atoms with van der Waals surface area (Å²) in [6.07, 6.45) is 0. The average molecular weight is 312 g/mol. The van der Waals surface area contributed by atoms with Crippen LogP contribution >= 0.6 is 0 Å². The topological polar surface area (TPSA) is 95.7 Å². The number of benzene rings is 1. The summed E-state index contributed by atoms with van der Waals surface area (Å²) in [6, 6.07) is 6.19. The average Bonchev–Trinajstić information content (AvgIpc) is 2.48. The van der Waals surface area contributed by atoms with E-state index in [2.05, 4.69) is 5.32 Å². The summed E-state index contributed by atoms with van der Waals surface area (Å²) in [5.74, 6) is -0.0650. The molecule has 1 aliphatic rings. The lowest BCUT2D eigenvalue weighted by Gasteiger charge is -2.33. The van der Waals surface area contributed by atoms with Gasteiger partial charge in [-0.25, -0.2) is 8.42 Å². The first-order valence-electron chi connectivity index (χ1n) is 6.72. The highest BCUT2D eigenvalue weighted by molar-refractivity contribution is 7.89. The molecule has 21 heavy (non-hydrogen) atoms. The molecule has 0 atom stereocenters. The van der Waals surface area contributed by atoms with Gasteiger partial charge in [-0.3, -0.25) is 9.69 Å². The highest BCUT2D eigenvalue weighted by atomic mass is 32.2. The molecule has 2 rings (SSSR count). The van der Waals surface area contributed by atoms with Crippen LogP contribution in [0.25, 0.3) is 0 Å². The van der Waals surface area contributed by atoms with E-state index in [1.54, 1.807) is 19.2 Å². The first-order chi connectivity index (χ1) is 9.93. The van der Waals surface area contributed by atoms with Crippen LogP contribution in [0.1, 0.15) is 0 Å². The van der Waals surface area contributed by atoms with E-state index in [0.29, 0.717) is 38.4 Å². The van der Waals surface area contributed by atoms with Crippen molar-refractivity contribution in [3.05, 3.63) is 24.3 Å². The third kappa shape index (κ3) is 3.72. The van der Waals surface area contributed by atoms with Crippen molar-refractivity contribution in [1.29, 1.82) is 0 Å². The Kier molecular flexibility index (Phi) is 4.81. The smallest absolute Gasteiger partial charge is 0.243 e. The minimum absolute atomic E-state index is 0.0650. The summed E-state index contributed by atoms with van der Waals surface area (Å²) >= 11 is 0. The Balaban J connectivity index is 2.01. The van der Waals surface area contributed by atoms with E-state index in [9.17, 15) is 13.2 Å². The number of carbonyl (C=O) groups is 1. The molecule has 1 aromatic rings. The summed E-state index contributed by atoms with van der Waals surface area (Å²) < 4.78 is 26.4. The van der Waals surface area contributed by atoms with Gasteiger partial charge in [0.15, 0.2) is 0 Å². The number of piperazine rings is 1. The maximum Gasteiger partial charge on any atom is 0.243 e. The fourth-order valence-corrected chi connectivity index (χ4v) is 3.62. The number of amides is 1. The molecule has 0 saturated carbocycles. The Labute approximate surface area is 124 Å². The van der Waals surface area contributed by atoms with Gasteiger partial charge in [-0.15, -0.1) is 0 Å². The van der Waals surface area contributed by atoms with Crippen LogP contribution in [0.3, 0.4) is 0 Å². The van der Waals surface area contributed by atoms with E-state index < -0.39 is 10.0 Å². The van der Waals surface area contributed by atoms with Crippen molar-refractivity contribution in [3.63, 3.8) is 0 Å². The molecule has 0 spiro atoms. The van der Waals surface area contributed by atoms with Crippen LogP contribution in [0.15, 0.2) is 29.2 Å². The molecule has 1 heterocycles. The minimum Gasteiger partial charge on any atom is -0.399 e. The van der Waals surface area contributed by atoms with Gasteiger partial charge < -0.3 is 11.1 Å². The lowest BCUT2D eigenvalue weighted by Crippen LogP contribution is -2.50. The number of anilines is 1. The normalized spacial score (nSPS) is 17.6. The van der Waals surface area contributed by atoms with Crippen LogP contribution in [0.2, 0.25) is 0 Å². The zero-order chi connectivity index (χ0) is 15.5. The Bertz CT molecular complexity index is 592. The molecule has 8 heteroatoms. The standard InChI is InChI=1S/C13H20N4O3S/c1-15-13(18)10-16-6-8-17(9-7-16)21(19,20)12-4-2-11(14)3-5-12/h2-5H,6-10,14H2,1H3,(H,15,18). The number of hydrogen-bond acceptors (Lipinski definition) is 5. The Morgan fingerprint density at radius 3 is 2.29 bits per heavy atom. The van der Waals surface area contributed by atoms with Crippen LogP contribution in [-0.2, 0) is 14.8 Å². The lowest BCUT2D eigenvalue weighted by atomic mass is 10.3. The first kappa shape index (κ1) is 15.7. The number of nitrogen functional groups attached to an aromatic ring is 1. The maximum atomic E-state index is 12.5. The van der Waals surface area contributed by atoms with Gasteiger partial charge in [0.2, 0.25) is 15.9 Å². The fraction of sp³-hybridized carbons (Fsp3) is 0.462.